The average Bonchev–Trinajstić information content (AvgIpc) is 3.74. The average molecular weight is 710 g/mol. The third-order valence-electron chi connectivity index (χ3n) is 12.1. The quantitative estimate of drug-likeness (QED) is 0.165. The summed E-state index contributed by atoms with van der Waals surface area (Å²) < 4.78 is 6.19. The molecular weight excluding hydrogens is 675 g/mol. The van der Waals surface area contributed by atoms with Crippen LogP contribution in [0.5, 0.6) is 0 Å². The number of rotatable bonds is 3. The van der Waals surface area contributed by atoms with Gasteiger partial charge in [-0.3, -0.25) is 0 Å². The third kappa shape index (κ3) is 3.77. The van der Waals surface area contributed by atoms with Crippen molar-refractivity contribution in [1.82, 2.24) is 0 Å². The summed E-state index contributed by atoms with van der Waals surface area (Å²) in [5, 5.41) is 2.50. The van der Waals surface area contributed by atoms with Gasteiger partial charge in [-0.15, -0.1) is 0 Å². The van der Waals surface area contributed by atoms with E-state index in [1.54, 1.807) is 13.2 Å². The molecule has 0 saturated heterocycles. The predicted molar refractivity (Wildman–Crippen MR) is 218 cm³/mol. The van der Waals surface area contributed by atoms with E-state index in [4.69, 9.17) is 0 Å². The summed E-state index contributed by atoms with van der Waals surface area (Å²) >= 11 is -3.36. The van der Waals surface area contributed by atoms with E-state index >= 15 is 0 Å². The molecule has 240 valence electrons. The zero-order valence-corrected chi connectivity index (χ0v) is 30.8. The Morgan fingerprint density at radius 3 is 1.57 bits per heavy atom. The molecule has 2 heteroatoms. The predicted octanol–water partition coefficient (Wildman–Crippen LogP) is 9.95. The van der Waals surface area contributed by atoms with E-state index < -0.39 is 13.3 Å². The van der Waals surface area contributed by atoms with Crippen LogP contribution in [0.1, 0.15) is 25.0 Å². The molecule has 8 aromatic rings. The molecular formula is C49H35GeN. The Hall–Kier alpha value is -5.64. The van der Waals surface area contributed by atoms with E-state index in [0.29, 0.717) is 0 Å². The molecule has 0 bridgehead atoms. The van der Waals surface area contributed by atoms with Crippen molar-refractivity contribution in [2.45, 2.75) is 19.3 Å². The van der Waals surface area contributed by atoms with Crippen molar-refractivity contribution in [3.8, 4) is 33.4 Å². The molecule has 11 rings (SSSR count). The third-order valence-corrected chi connectivity index (χ3v) is 22.5. The topological polar surface area (TPSA) is 3.24 Å². The van der Waals surface area contributed by atoms with Crippen LogP contribution in [-0.4, -0.2) is 13.3 Å². The Labute approximate surface area is 301 Å². The summed E-state index contributed by atoms with van der Waals surface area (Å²) in [4.78, 5) is 2.54. The van der Waals surface area contributed by atoms with Crippen molar-refractivity contribution >= 4 is 58.7 Å². The molecule has 0 amide bonds. The molecule has 1 nitrogen and oxygen atoms in total. The first-order chi connectivity index (χ1) is 25.1. The van der Waals surface area contributed by atoms with E-state index in [1.807, 2.05) is 0 Å². The normalized spacial score (nSPS) is 14.8. The minimum atomic E-state index is -3.36. The second kappa shape index (κ2) is 10.4. The number of fused-ring (bicyclic) bond motifs is 14. The van der Waals surface area contributed by atoms with Gasteiger partial charge in [0.25, 0.3) is 0 Å². The van der Waals surface area contributed by atoms with E-state index in [0.717, 1.165) is 0 Å². The Bertz CT molecular complexity index is 2690. The van der Waals surface area contributed by atoms with Crippen molar-refractivity contribution in [1.29, 1.82) is 0 Å². The van der Waals surface area contributed by atoms with Crippen LogP contribution in [0.15, 0.2) is 176 Å². The number of nitrogens with zero attached hydrogens (tertiary/aromatic N) is 1. The van der Waals surface area contributed by atoms with Crippen LogP contribution < -0.4 is 22.5 Å². The fraction of sp³-hybridized carbons (Fsp3) is 0.0612. The molecule has 0 radical (unpaired) electrons. The van der Waals surface area contributed by atoms with E-state index in [2.05, 4.69) is 195 Å². The van der Waals surface area contributed by atoms with Gasteiger partial charge in [-0.1, -0.05) is 0 Å². The fourth-order valence-electron chi connectivity index (χ4n) is 9.88. The monoisotopic (exact) mass is 711 g/mol. The Morgan fingerprint density at radius 2 is 0.882 bits per heavy atom. The molecule has 2 aliphatic heterocycles. The second-order valence-electron chi connectivity index (χ2n) is 14.9. The molecule has 8 aromatic carbocycles. The Morgan fingerprint density at radius 1 is 0.392 bits per heavy atom. The maximum absolute atomic E-state index is 3.36. The minimum absolute atomic E-state index is 0.0946. The van der Waals surface area contributed by atoms with E-state index in [9.17, 15) is 0 Å². The van der Waals surface area contributed by atoms with Crippen LogP contribution in [0.2, 0.25) is 0 Å². The summed E-state index contributed by atoms with van der Waals surface area (Å²) in [6.07, 6.45) is 0. The van der Waals surface area contributed by atoms with Crippen molar-refractivity contribution in [2.75, 3.05) is 4.90 Å². The summed E-state index contributed by atoms with van der Waals surface area (Å²) in [5.74, 6) is 0. The molecule has 0 aromatic heterocycles. The first-order valence-electron chi connectivity index (χ1n) is 18.0. The number of hydrogen-bond acceptors (Lipinski definition) is 1. The first kappa shape index (κ1) is 29.1. The maximum atomic E-state index is 2.59. The summed E-state index contributed by atoms with van der Waals surface area (Å²) in [6.45, 7) is 4.76. The molecule has 3 aliphatic rings. The summed E-state index contributed by atoms with van der Waals surface area (Å²) in [7, 11) is 0. The zero-order chi connectivity index (χ0) is 33.9. The van der Waals surface area contributed by atoms with Gasteiger partial charge in [0.2, 0.25) is 0 Å². The van der Waals surface area contributed by atoms with Gasteiger partial charge in [-0.05, 0) is 0 Å². The molecule has 51 heavy (non-hydrogen) atoms. The van der Waals surface area contributed by atoms with Gasteiger partial charge in [0.1, 0.15) is 0 Å². The molecule has 0 unspecified atom stereocenters. The van der Waals surface area contributed by atoms with Crippen LogP contribution in [0.3, 0.4) is 0 Å². The number of anilines is 3. The number of hydrogen-bond donors (Lipinski definition) is 0. The SMILES string of the molecule is CC1(C)c2ccccc2-c2ccc(N(c3ccc4[c](c3)[Ge]3([c]5ccccc5-c5cccc[c]53)[c]3ccccc3-4)c3cccc4ccccc34)cc21. The molecule has 0 atom stereocenters. The molecule has 1 aliphatic carbocycles. The van der Waals surface area contributed by atoms with Crippen LogP contribution >= 0.6 is 0 Å². The standard InChI is InChI=1S/C49H35GeN/c1-49(2)42-21-9-5-17-36(42)37-28-26-33(30-43(37)49)51(48-25-13-15-32-14-3-4-16-35(32)48)34-27-29-41-40-20-8-12-24-46(40)50(47(41)31-34)44-22-10-6-18-38(44)39-19-7-11-23-45(39)50/h3-31H,1-2H3. The van der Waals surface area contributed by atoms with Crippen molar-refractivity contribution in [2.24, 2.45) is 0 Å². The Balaban J connectivity index is 1.20. The summed E-state index contributed by atoms with van der Waals surface area (Å²) in [6, 6.07) is 66.9. The van der Waals surface area contributed by atoms with Gasteiger partial charge in [-0.25, -0.2) is 0 Å². The van der Waals surface area contributed by atoms with Gasteiger partial charge >= 0.3 is 303 Å². The number of benzene rings is 8. The van der Waals surface area contributed by atoms with Gasteiger partial charge in [-0.2, -0.15) is 0 Å². The van der Waals surface area contributed by atoms with Gasteiger partial charge in [0.15, 0.2) is 0 Å². The fourth-order valence-corrected chi connectivity index (χ4v) is 21.7. The molecule has 2 heterocycles. The van der Waals surface area contributed by atoms with Gasteiger partial charge < -0.3 is 0 Å². The zero-order valence-electron chi connectivity index (χ0n) is 28.7. The summed E-state index contributed by atoms with van der Waals surface area (Å²) in [5.41, 5.74) is 14.6. The van der Waals surface area contributed by atoms with Gasteiger partial charge in [0, 0.05) is 0 Å². The van der Waals surface area contributed by atoms with Crippen LogP contribution in [0.4, 0.5) is 17.1 Å². The van der Waals surface area contributed by atoms with Crippen LogP contribution in [0.25, 0.3) is 44.2 Å². The van der Waals surface area contributed by atoms with Crippen LogP contribution in [0, 0.1) is 0 Å². The van der Waals surface area contributed by atoms with Crippen molar-refractivity contribution in [3.63, 3.8) is 0 Å². The molecule has 0 N–H and O–H groups in total. The molecule has 1 spiro atoms. The van der Waals surface area contributed by atoms with E-state index in [-0.39, 0.29) is 5.41 Å². The van der Waals surface area contributed by atoms with Crippen molar-refractivity contribution in [3.05, 3.63) is 187 Å². The molecule has 0 fully saturated rings. The first-order valence-corrected chi connectivity index (χ1v) is 22.2. The van der Waals surface area contributed by atoms with Gasteiger partial charge in [0.05, 0.1) is 0 Å². The second-order valence-corrected chi connectivity index (χ2v) is 22.5. The van der Waals surface area contributed by atoms with Crippen LogP contribution in [-0.2, 0) is 5.41 Å². The van der Waals surface area contributed by atoms with E-state index in [1.165, 1.54) is 76.7 Å². The Kier molecular flexibility index (Phi) is 5.97. The van der Waals surface area contributed by atoms with Crippen molar-refractivity contribution < 1.29 is 0 Å². The molecule has 0 saturated carbocycles.